The quantitative estimate of drug-likeness (QED) is 0.785. The normalized spacial score (nSPS) is 23.0. The van der Waals surface area contributed by atoms with E-state index < -0.39 is 0 Å². The highest BCUT2D eigenvalue weighted by molar-refractivity contribution is 5.94. The van der Waals surface area contributed by atoms with Crippen LogP contribution in [0.15, 0.2) is 30.3 Å². The molecule has 0 unspecified atom stereocenters. The summed E-state index contributed by atoms with van der Waals surface area (Å²) in [4.78, 5) is 32.3. The molecule has 0 spiro atoms. The number of likely N-dealkylation sites (tertiary alicyclic amines) is 1. The standard InChI is InChI=1S/C24H35N3O2/c28-23(20-8-3-1-4-9-20)26-15-7-14-25(18-19-26)22-12-16-27(17-13-22)24(29)21-10-5-2-6-11-21/h2,5-6,10-11,20,22H,1,3-4,7-9,12-19H2. The van der Waals surface area contributed by atoms with Crippen LogP contribution in [-0.2, 0) is 4.79 Å². The second-order valence-corrected chi connectivity index (χ2v) is 8.94. The molecule has 0 bridgehead atoms. The highest BCUT2D eigenvalue weighted by Crippen LogP contribution is 2.26. The number of amides is 2. The van der Waals surface area contributed by atoms with Crippen LogP contribution in [0.25, 0.3) is 0 Å². The number of hydrogen-bond acceptors (Lipinski definition) is 3. The lowest BCUT2D eigenvalue weighted by molar-refractivity contribution is -0.136. The maximum atomic E-state index is 12.9. The average Bonchev–Trinajstić information content (AvgIpc) is 3.06. The summed E-state index contributed by atoms with van der Waals surface area (Å²) in [5, 5.41) is 0. The van der Waals surface area contributed by atoms with Gasteiger partial charge in [0.25, 0.3) is 5.91 Å². The Balaban J connectivity index is 1.26. The fraction of sp³-hybridized carbons (Fsp3) is 0.667. The molecule has 3 aliphatic rings. The lowest BCUT2D eigenvalue weighted by Gasteiger charge is -2.38. The van der Waals surface area contributed by atoms with Crippen LogP contribution < -0.4 is 0 Å². The van der Waals surface area contributed by atoms with Crippen LogP contribution in [0.4, 0.5) is 0 Å². The molecule has 2 amide bonds. The first-order valence-corrected chi connectivity index (χ1v) is 11.6. The van der Waals surface area contributed by atoms with E-state index in [9.17, 15) is 9.59 Å². The molecule has 158 valence electrons. The van der Waals surface area contributed by atoms with E-state index in [1.54, 1.807) is 0 Å². The highest BCUT2D eigenvalue weighted by Gasteiger charge is 2.31. The van der Waals surface area contributed by atoms with Crippen molar-refractivity contribution < 1.29 is 9.59 Å². The van der Waals surface area contributed by atoms with Crippen molar-refractivity contribution in [3.63, 3.8) is 0 Å². The Hall–Kier alpha value is -1.88. The van der Waals surface area contributed by atoms with Gasteiger partial charge in [-0.25, -0.2) is 0 Å². The van der Waals surface area contributed by atoms with Gasteiger partial charge in [0.15, 0.2) is 0 Å². The molecule has 0 N–H and O–H groups in total. The lowest BCUT2D eigenvalue weighted by Crippen LogP contribution is -2.48. The third kappa shape index (κ3) is 5.00. The van der Waals surface area contributed by atoms with Crippen molar-refractivity contribution in [1.82, 2.24) is 14.7 Å². The molecular weight excluding hydrogens is 362 g/mol. The largest absolute Gasteiger partial charge is 0.341 e. The number of benzene rings is 1. The van der Waals surface area contributed by atoms with Gasteiger partial charge in [0, 0.05) is 56.8 Å². The summed E-state index contributed by atoms with van der Waals surface area (Å²) in [7, 11) is 0. The molecule has 4 rings (SSSR count). The molecule has 1 aromatic carbocycles. The first-order chi connectivity index (χ1) is 14.2. The summed E-state index contributed by atoms with van der Waals surface area (Å²) in [6.45, 7) is 5.51. The van der Waals surface area contributed by atoms with E-state index in [1.165, 1.54) is 19.3 Å². The number of carbonyl (C=O) groups excluding carboxylic acids is 2. The Labute approximate surface area is 175 Å². The Morgan fingerprint density at radius 3 is 2.14 bits per heavy atom. The van der Waals surface area contributed by atoms with Gasteiger partial charge in [-0.15, -0.1) is 0 Å². The van der Waals surface area contributed by atoms with E-state index >= 15 is 0 Å². The molecular formula is C24H35N3O2. The van der Waals surface area contributed by atoms with Crippen LogP contribution in [0.5, 0.6) is 0 Å². The minimum absolute atomic E-state index is 0.157. The van der Waals surface area contributed by atoms with Crippen molar-refractivity contribution in [2.24, 2.45) is 5.92 Å². The molecule has 2 aliphatic heterocycles. The fourth-order valence-corrected chi connectivity index (χ4v) is 5.33. The van der Waals surface area contributed by atoms with Crippen LogP contribution >= 0.6 is 0 Å². The number of nitrogens with zero attached hydrogens (tertiary/aromatic N) is 3. The Morgan fingerprint density at radius 1 is 0.690 bits per heavy atom. The summed E-state index contributed by atoms with van der Waals surface area (Å²) in [6, 6.07) is 10.2. The van der Waals surface area contributed by atoms with Crippen molar-refractivity contribution in [3.05, 3.63) is 35.9 Å². The monoisotopic (exact) mass is 397 g/mol. The van der Waals surface area contributed by atoms with Gasteiger partial charge in [-0.05, 0) is 44.2 Å². The van der Waals surface area contributed by atoms with Crippen molar-refractivity contribution in [1.29, 1.82) is 0 Å². The van der Waals surface area contributed by atoms with Gasteiger partial charge >= 0.3 is 0 Å². The number of carbonyl (C=O) groups is 2. The zero-order valence-electron chi connectivity index (χ0n) is 17.6. The Kier molecular flexibility index (Phi) is 6.86. The lowest BCUT2D eigenvalue weighted by atomic mass is 9.88. The molecule has 0 radical (unpaired) electrons. The van der Waals surface area contributed by atoms with Crippen LogP contribution in [0.3, 0.4) is 0 Å². The highest BCUT2D eigenvalue weighted by atomic mass is 16.2. The van der Waals surface area contributed by atoms with Gasteiger partial charge in [0.05, 0.1) is 0 Å². The van der Waals surface area contributed by atoms with Gasteiger partial charge in [-0.3, -0.25) is 14.5 Å². The fourth-order valence-electron chi connectivity index (χ4n) is 5.33. The van der Waals surface area contributed by atoms with Crippen LogP contribution in [0.2, 0.25) is 0 Å². The summed E-state index contributed by atoms with van der Waals surface area (Å²) >= 11 is 0. The molecule has 0 aromatic heterocycles. The minimum atomic E-state index is 0.157. The molecule has 1 aromatic rings. The molecule has 3 fully saturated rings. The summed E-state index contributed by atoms with van der Waals surface area (Å²) in [5.41, 5.74) is 0.789. The molecule has 0 atom stereocenters. The molecule has 5 heteroatoms. The maximum absolute atomic E-state index is 12.9. The third-order valence-electron chi connectivity index (χ3n) is 7.09. The van der Waals surface area contributed by atoms with Gasteiger partial charge in [-0.1, -0.05) is 37.5 Å². The second-order valence-electron chi connectivity index (χ2n) is 8.94. The predicted molar refractivity (Wildman–Crippen MR) is 115 cm³/mol. The number of rotatable bonds is 3. The van der Waals surface area contributed by atoms with Gasteiger partial charge in [0.1, 0.15) is 0 Å². The van der Waals surface area contributed by atoms with Crippen molar-refractivity contribution in [2.45, 2.75) is 57.4 Å². The number of piperidine rings is 1. The zero-order chi connectivity index (χ0) is 20.1. The molecule has 2 saturated heterocycles. The van der Waals surface area contributed by atoms with Crippen LogP contribution in [-0.4, -0.2) is 71.8 Å². The average molecular weight is 398 g/mol. The van der Waals surface area contributed by atoms with E-state index in [0.29, 0.717) is 11.9 Å². The van der Waals surface area contributed by atoms with Crippen molar-refractivity contribution >= 4 is 11.8 Å². The first kappa shape index (κ1) is 20.4. The topological polar surface area (TPSA) is 43.9 Å². The molecule has 29 heavy (non-hydrogen) atoms. The SMILES string of the molecule is O=C(c1ccccc1)N1CCC(N2CCCN(C(=O)C3CCCCC3)CC2)CC1. The molecule has 5 nitrogen and oxygen atoms in total. The predicted octanol–water partition coefficient (Wildman–Crippen LogP) is 3.41. The summed E-state index contributed by atoms with van der Waals surface area (Å²) < 4.78 is 0. The molecule has 2 heterocycles. The van der Waals surface area contributed by atoms with Gasteiger partial charge < -0.3 is 9.80 Å². The smallest absolute Gasteiger partial charge is 0.253 e. The maximum Gasteiger partial charge on any atom is 0.253 e. The summed E-state index contributed by atoms with van der Waals surface area (Å²) in [5.74, 6) is 0.849. The summed E-state index contributed by atoms with van der Waals surface area (Å²) in [6.07, 6.45) is 9.06. The molecule has 1 aliphatic carbocycles. The van der Waals surface area contributed by atoms with E-state index in [0.717, 1.165) is 76.9 Å². The van der Waals surface area contributed by atoms with E-state index in [2.05, 4.69) is 9.80 Å². The van der Waals surface area contributed by atoms with Gasteiger partial charge in [0.2, 0.25) is 5.91 Å². The number of hydrogen-bond donors (Lipinski definition) is 0. The Morgan fingerprint density at radius 2 is 1.41 bits per heavy atom. The van der Waals surface area contributed by atoms with Crippen LogP contribution in [0, 0.1) is 5.92 Å². The van der Waals surface area contributed by atoms with E-state index in [4.69, 9.17) is 0 Å². The molecule has 1 saturated carbocycles. The van der Waals surface area contributed by atoms with Crippen molar-refractivity contribution in [2.75, 3.05) is 39.3 Å². The second kappa shape index (κ2) is 9.75. The third-order valence-corrected chi connectivity index (χ3v) is 7.09. The van der Waals surface area contributed by atoms with E-state index in [-0.39, 0.29) is 11.8 Å². The Bertz CT molecular complexity index is 679. The van der Waals surface area contributed by atoms with Gasteiger partial charge in [-0.2, -0.15) is 0 Å². The minimum Gasteiger partial charge on any atom is -0.341 e. The first-order valence-electron chi connectivity index (χ1n) is 11.6. The zero-order valence-corrected chi connectivity index (χ0v) is 17.6. The van der Waals surface area contributed by atoms with Crippen LogP contribution in [0.1, 0.15) is 61.7 Å². The van der Waals surface area contributed by atoms with Crippen molar-refractivity contribution in [3.8, 4) is 0 Å². The van der Waals surface area contributed by atoms with E-state index in [1.807, 2.05) is 35.2 Å².